The molecule has 0 spiro atoms. The molecule has 1 atom stereocenters. The first-order chi connectivity index (χ1) is 8.69. The average molecular weight is 304 g/mol. The van der Waals surface area contributed by atoms with Gasteiger partial charge in [0.25, 0.3) is 0 Å². The molecule has 18 heavy (non-hydrogen) atoms. The molecule has 0 saturated carbocycles. The Bertz CT molecular complexity index is 500. The summed E-state index contributed by atoms with van der Waals surface area (Å²) in [5.41, 5.74) is 0. The van der Waals surface area contributed by atoms with E-state index in [1.807, 2.05) is 19.1 Å². The number of anilines is 1. The van der Waals surface area contributed by atoms with Gasteiger partial charge in [-0.15, -0.1) is 11.3 Å². The highest BCUT2D eigenvalue weighted by atomic mass is 35.5. The summed E-state index contributed by atoms with van der Waals surface area (Å²) in [5, 5.41) is 4.08. The number of rotatable bonds is 6. The topological polar surface area (TPSA) is 47.0 Å². The number of thiophene rings is 1. The lowest BCUT2D eigenvalue weighted by molar-refractivity contribution is 0.113. The van der Waals surface area contributed by atoms with E-state index < -0.39 is 0 Å². The molecule has 2 aromatic rings. The summed E-state index contributed by atoms with van der Waals surface area (Å²) in [5.74, 6) is 0.726. The van der Waals surface area contributed by atoms with Crippen molar-refractivity contribution >= 4 is 39.6 Å². The van der Waals surface area contributed by atoms with E-state index in [2.05, 4.69) is 14.7 Å². The van der Waals surface area contributed by atoms with Gasteiger partial charge in [-0.25, -0.2) is 4.98 Å². The smallest absolute Gasteiger partial charge is 0.202 e. The Labute approximate surface area is 119 Å². The summed E-state index contributed by atoms with van der Waals surface area (Å²) in [7, 11) is 1.65. The molecule has 0 aliphatic rings. The van der Waals surface area contributed by atoms with Crippen molar-refractivity contribution in [2.45, 2.75) is 19.4 Å². The third-order valence-corrected chi connectivity index (χ3v) is 4.41. The molecule has 0 aliphatic carbocycles. The zero-order chi connectivity index (χ0) is 13.0. The summed E-state index contributed by atoms with van der Waals surface area (Å²) < 4.78 is 10.2. The van der Waals surface area contributed by atoms with Crippen LogP contribution in [0.15, 0.2) is 12.1 Å². The van der Waals surface area contributed by atoms with Gasteiger partial charge in [0, 0.05) is 30.1 Å². The highest BCUT2D eigenvalue weighted by Crippen LogP contribution is 2.22. The van der Waals surface area contributed by atoms with Crippen molar-refractivity contribution in [3.8, 4) is 0 Å². The van der Waals surface area contributed by atoms with Gasteiger partial charge in [-0.3, -0.25) is 0 Å². The maximum atomic E-state index is 5.87. The molecule has 0 fully saturated rings. The fourth-order valence-electron chi connectivity index (χ4n) is 1.36. The zero-order valence-electron chi connectivity index (χ0n) is 10.1. The molecule has 0 aliphatic heterocycles. The summed E-state index contributed by atoms with van der Waals surface area (Å²) in [4.78, 5) is 5.63. The van der Waals surface area contributed by atoms with E-state index in [1.54, 1.807) is 18.4 Å². The standard InChI is InChI=1S/C11H14ClN3OS2/c1-7(16-2)10-14-11(18-15-10)13-6-5-8-3-4-9(12)17-8/h3-4,7H,5-6H2,1-2H3,(H,13,14,15). The summed E-state index contributed by atoms with van der Waals surface area (Å²) in [6, 6.07) is 3.97. The molecule has 4 nitrogen and oxygen atoms in total. The Morgan fingerprint density at radius 1 is 1.50 bits per heavy atom. The largest absolute Gasteiger partial charge is 0.374 e. The molecule has 0 saturated heterocycles. The van der Waals surface area contributed by atoms with Crippen molar-refractivity contribution < 1.29 is 4.74 Å². The average Bonchev–Trinajstić information content (AvgIpc) is 2.98. The molecule has 1 unspecified atom stereocenters. The van der Waals surface area contributed by atoms with Crippen LogP contribution in [0.2, 0.25) is 4.34 Å². The summed E-state index contributed by atoms with van der Waals surface area (Å²) in [6.07, 6.45) is 0.875. The Balaban J connectivity index is 1.81. The Hall–Kier alpha value is -0.690. The lowest BCUT2D eigenvalue weighted by Crippen LogP contribution is -2.04. The van der Waals surface area contributed by atoms with E-state index in [0.717, 1.165) is 28.3 Å². The number of nitrogens with one attached hydrogen (secondary N) is 1. The SMILES string of the molecule is COC(C)c1nsc(NCCc2ccc(Cl)s2)n1. The van der Waals surface area contributed by atoms with E-state index in [9.17, 15) is 0 Å². The van der Waals surface area contributed by atoms with Crippen molar-refractivity contribution in [1.29, 1.82) is 0 Å². The van der Waals surface area contributed by atoms with Crippen molar-refractivity contribution in [2.75, 3.05) is 19.0 Å². The number of halogens is 1. The van der Waals surface area contributed by atoms with Crippen LogP contribution < -0.4 is 5.32 Å². The molecule has 98 valence electrons. The predicted molar refractivity (Wildman–Crippen MR) is 76.9 cm³/mol. The Kier molecular flexibility index (Phi) is 4.94. The number of hydrogen-bond donors (Lipinski definition) is 1. The van der Waals surface area contributed by atoms with Crippen LogP contribution in [0.3, 0.4) is 0 Å². The monoisotopic (exact) mass is 303 g/mol. The van der Waals surface area contributed by atoms with Crippen molar-refractivity contribution in [1.82, 2.24) is 9.36 Å². The highest BCUT2D eigenvalue weighted by molar-refractivity contribution is 7.16. The van der Waals surface area contributed by atoms with Gasteiger partial charge in [-0.1, -0.05) is 11.6 Å². The van der Waals surface area contributed by atoms with Crippen LogP contribution in [0, 0.1) is 0 Å². The fraction of sp³-hybridized carbons (Fsp3) is 0.455. The number of methoxy groups -OCH3 is 1. The maximum absolute atomic E-state index is 5.87. The number of ether oxygens (including phenoxy) is 1. The normalized spacial score (nSPS) is 12.6. The predicted octanol–water partition coefficient (Wildman–Crippen LogP) is 3.62. The number of nitrogens with zero attached hydrogens (tertiary/aromatic N) is 2. The van der Waals surface area contributed by atoms with Crippen LogP contribution in [0.1, 0.15) is 23.7 Å². The first-order valence-corrected chi connectivity index (χ1v) is 7.50. The molecule has 7 heteroatoms. The van der Waals surface area contributed by atoms with Crippen molar-refractivity contribution in [2.24, 2.45) is 0 Å². The first-order valence-electron chi connectivity index (χ1n) is 5.53. The van der Waals surface area contributed by atoms with Gasteiger partial charge in [0.2, 0.25) is 5.13 Å². The van der Waals surface area contributed by atoms with E-state index in [4.69, 9.17) is 16.3 Å². The minimum Gasteiger partial charge on any atom is -0.374 e. The summed E-state index contributed by atoms with van der Waals surface area (Å²) >= 11 is 8.84. The Morgan fingerprint density at radius 3 is 3.00 bits per heavy atom. The van der Waals surface area contributed by atoms with E-state index in [-0.39, 0.29) is 6.10 Å². The molecule has 1 N–H and O–H groups in total. The van der Waals surface area contributed by atoms with Gasteiger partial charge >= 0.3 is 0 Å². The Morgan fingerprint density at radius 2 is 2.33 bits per heavy atom. The third kappa shape index (κ3) is 3.65. The second-order valence-electron chi connectivity index (χ2n) is 3.72. The minimum atomic E-state index is -0.0621. The highest BCUT2D eigenvalue weighted by Gasteiger charge is 2.10. The van der Waals surface area contributed by atoms with Gasteiger partial charge in [0.15, 0.2) is 5.82 Å². The molecule has 2 heterocycles. The molecule has 0 amide bonds. The molecule has 0 bridgehead atoms. The van der Waals surface area contributed by atoms with Crippen LogP contribution in [0.5, 0.6) is 0 Å². The minimum absolute atomic E-state index is 0.0621. The van der Waals surface area contributed by atoms with E-state index in [0.29, 0.717) is 0 Å². The lowest BCUT2D eigenvalue weighted by Gasteiger charge is -2.03. The second-order valence-corrected chi connectivity index (χ2v) is 6.27. The second kappa shape index (κ2) is 6.47. The van der Waals surface area contributed by atoms with Gasteiger partial charge in [-0.2, -0.15) is 4.37 Å². The zero-order valence-corrected chi connectivity index (χ0v) is 12.5. The first kappa shape index (κ1) is 13.7. The van der Waals surface area contributed by atoms with Crippen molar-refractivity contribution in [3.05, 3.63) is 27.2 Å². The maximum Gasteiger partial charge on any atom is 0.202 e. The third-order valence-electron chi connectivity index (χ3n) is 2.44. The van der Waals surface area contributed by atoms with E-state index >= 15 is 0 Å². The van der Waals surface area contributed by atoms with Crippen LogP contribution in [-0.4, -0.2) is 23.0 Å². The lowest BCUT2D eigenvalue weighted by atomic mass is 10.3. The number of aromatic nitrogens is 2. The molecule has 0 radical (unpaired) electrons. The molecule has 0 aromatic carbocycles. The summed E-state index contributed by atoms with van der Waals surface area (Å²) in [6.45, 7) is 2.76. The van der Waals surface area contributed by atoms with Crippen LogP contribution >= 0.6 is 34.5 Å². The van der Waals surface area contributed by atoms with Gasteiger partial charge < -0.3 is 10.1 Å². The molecule has 2 aromatic heterocycles. The quantitative estimate of drug-likeness (QED) is 0.885. The fourth-order valence-corrected chi connectivity index (χ4v) is 3.11. The van der Waals surface area contributed by atoms with Gasteiger partial charge in [0.1, 0.15) is 6.10 Å². The van der Waals surface area contributed by atoms with Crippen LogP contribution in [0.4, 0.5) is 5.13 Å². The van der Waals surface area contributed by atoms with Crippen molar-refractivity contribution in [3.63, 3.8) is 0 Å². The van der Waals surface area contributed by atoms with Gasteiger partial charge in [-0.05, 0) is 25.5 Å². The van der Waals surface area contributed by atoms with Crippen LogP contribution in [0.25, 0.3) is 0 Å². The molecular formula is C11H14ClN3OS2. The molecule has 2 rings (SSSR count). The number of hydrogen-bond acceptors (Lipinski definition) is 6. The van der Waals surface area contributed by atoms with E-state index in [1.165, 1.54) is 16.4 Å². The molecular weight excluding hydrogens is 290 g/mol. The van der Waals surface area contributed by atoms with Gasteiger partial charge in [0.05, 0.1) is 4.34 Å². The van der Waals surface area contributed by atoms with Crippen LogP contribution in [-0.2, 0) is 11.2 Å².